The molecule has 2 aliphatic heterocycles. The molecule has 0 radical (unpaired) electrons. The van der Waals surface area contributed by atoms with E-state index >= 15 is 0 Å². The van der Waals surface area contributed by atoms with E-state index in [0.717, 1.165) is 39.4 Å². The van der Waals surface area contributed by atoms with Crippen LogP contribution in [0.25, 0.3) is 0 Å². The highest BCUT2D eigenvalue weighted by Gasteiger charge is 2.20. The zero-order valence-corrected chi connectivity index (χ0v) is 11.2. The number of hydrogen-bond acceptors (Lipinski definition) is 3. The van der Waals surface area contributed by atoms with Gasteiger partial charge >= 0.3 is 0 Å². The molecule has 4 heteroatoms. The summed E-state index contributed by atoms with van der Waals surface area (Å²) in [5.74, 6) is 0. The first kappa shape index (κ1) is 12.2. The topological polar surface area (TPSA) is 29.4 Å². The van der Waals surface area contributed by atoms with Crippen LogP contribution in [0.15, 0.2) is 12.1 Å². The fourth-order valence-corrected chi connectivity index (χ4v) is 3.01. The lowest BCUT2D eigenvalue weighted by Crippen LogP contribution is -2.36. The summed E-state index contributed by atoms with van der Waals surface area (Å²) in [6.07, 6.45) is 2.57. The smallest absolute Gasteiger partial charge is 0.0594 e. The monoisotopic (exact) mass is 249 g/mol. The third-order valence-electron chi connectivity index (χ3n) is 4.17. The number of hydrogen-bond donors (Lipinski definition) is 1. The lowest BCUT2D eigenvalue weighted by molar-refractivity contribution is 0.0332. The van der Waals surface area contributed by atoms with Crippen LogP contribution < -0.4 is 5.32 Å². The summed E-state index contributed by atoms with van der Waals surface area (Å²) in [4.78, 5) is 2.48. The van der Waals surface area contributed by atoms with Gasteiger partial charge in [-0.05, 0) is 31.5 Å². The Bertz CT molecular complexity index is 390. The third kappa shape index (κ3) is 2.46. The highest BCUT2D eigenvalue weighted by Crippen LogP contribution is 2.24. The fourth-order valence-electron chi connectivity index (χ4n) is 3.01. The predicted octanol–water partition coefficient (Wildman–Crippen LogP) is 1.28. The molecule has 4 nitrogen and oxygen atoms in total. The molecule has 100 valence electrons. The molecular formula is C14H23N3O. The predicted molar refractivity (Wildman–Crippen MR) is 71.5 cm³/mol. The number of ether oxygens (including phenoxy) is 1. The first-order valence-corrected chi connectivity index (χ1v) is 7.02. The molecule has 0 saturated carbocycles. The molecule has 1 unspecified atom stereocenters. The molecule has 1 aromatic rings. The van der Waals surface area contributed by atoms with Crippen molar-refractivity contribution in [3.05, 3.63) is 23.5 Å². The molecular weight excluding hydrogens is 226 g/mol. The van der Waals surface area contributed by atoms with Crippen LogP contribution in [0.5, 0.6) is 0 Å². The number of morpholine rings is 1. The van der Waals surface area contributed by atoms with Crippen molar-refractivity contribution in [2.45, 2.75) is 25.4 Å². The minimum Gasteiger partial charge on any atom is -0.379 e. The van der Waals surface area contributed by atoms with Gasteiger partial charge in [0.05, 0.1) is 13.2 Å². The van der Waals surface area contributed by atoms with Gasteiger partial charge in [0.25, 0.3) is 0 Å². The lowest BCUT2D eigenvalue weighted by Gasteiger charge is -2.27. The summed E-state index contributed by atoms with van der Waals surface area (Å²) in [5.41, 5.74) is 2.86. The molecule has 1 aromatic heterocycles. The Morgan fingerprint density at radius 2 is 2.17 bits per heavy atom. The van der Waals surface area contributed by atoms with Gasteiger partial charge in [-0.2, -0.15) is 0 Å². The van der Waals surface area contributed by atoms with Gasteiger partial charge in [-0.25, -0.2) is 0 Å². The SMILES string of the molecule is Cn1c(CN2CCOCC2)ccc1C1CCCN1. The summed E-state index contributed by atoms with van der Waals surface area (Å²) in [7, 11) is 2.20. The average Bonchev–Trinajstić information content (AvgIpc) is 3.02. The van der Waals surface area contributed by atoms with Gasteiger partial charge in [0.2, 0.25) is 0 Å². The summed E-state index contributed by atoms with van der Waals surface area (Å²) in [6, 6.07) is 5.14. The lowest BCUT2D eigenvalue weighted by atomic mass is 10.2. The number of nitrogens with one attached hydrogen (secondary N) is 1. The van der Waals surface area contributed by atoms with E-state index in [0.29, 0.717) is 6.04 Å². The van der Waals surface area contributed by atoms with Gasteiger partial charge < -0.3 is 14.6 Å². The van der Waals surface area contributed by atoms with Crippen LogP contribution in [0.2, 0.25) is 0 Å². The molecule has 2 fully saturated rings. The van der Waals surface area contributed by atoms with Crippen molar-refractivity contribution in [1.29, 1.82) is 0 Å². The van der Waals surface area contributed by atoms with Crippen molar-refractivity contribution in [3.8, 4) is 0 Å². The van der Waals surface area contributed by atoms with E-state index in [4.69, 9.17) is 4.74 Å². The van der Waals surface area contributed by atoms with Crippen LogP contribution in [-0.2, 0) is 18.3 Å². The van der Waals surface area contributed by atoms with Crippen LogP contribution in [0.3, 0.4) is 0 Å². The summed E-state index contributed by atoms with van der Waals surface area (Å²) >= 11 is 0. The van der Waals surface area contributed by atoms with Gasteiger partial charge in [-0.1, -0.05) is 0 Å². The molecule has 0 spiro atoms. The minimum atomic E-state index is 0.563. The first-order chi connectivity index (χ1) is 8.84. The maximum atomic E-state index is 5.40. The molecule has 18 heavy (non-hydrogen) atoms. The Kier molecular flexibility index (Phi) is 3.68. The molecule has 0 aliphatic carbocycles. The third-order valence-corrected chi connectivity index (χ3v) is 4.17. The second kappa shape index (κ2) is 5.43. The van der Waals surface area contributed by atoms with E-state index in [2.05, 4.69) is 34.0 Å². The summed E-state index contributed by atoms with van der Waals surface area (Å²) in [6.45, 7) is 6.08. The number of rotatable bonds is 3. The van der Waals surface area contributed by atoms with Crippen molar-refractivity contribution >= 4 is 0 Å². The molecule has 3 heterocycles. The van der Waals surface area contributed by atoms with Crippen molar-refractivity contribution in [2.24, 2.45) is 7.05 Å². The molecule has 0 aromatic carbocycles. The maximum absolute atomic E-state index is 5.40. The number of nitrogens with zero attached hydrogens (tertiary/aromatic N) is 2. The number of aromatic nitrogens is 1. The van der Waals surface area contributed by atoms with E-state index in [9.17, 15) is 0 Å². The molecule has 0 amide bonds. The van der Waals surface area contributed by atoms with E-state index in [1.165, 1.54) is 24.2 Å². The summed E-state index contributed by atoms with van der Waals surface area (Å²) < 4.78 is 7.77. The Morgan fingerprint density at radius 1 is 1.33 bits per heavy atom. The normalized spacial score (nSPS) is 25.7. The molecule has 1 atom stereocenters. The highest BCUT2D eigenvalue weighted by atomic mass is 16.5. The van der Waals surface area contributed by atoms with Crippen molar-refractivity contribution in [2.75, 3.05) is 32.8 Å². The van der Waals surface area contributed by atoms with Crippen LogP contribution in [0.4, 0.5) is 0 Å². The van der Waals surface area contributed by atoms with Gasteiger partial charge in [0.15, 0.2) is 0 Å². The van der Waals surface area contributed by atoms with Crippen LogP contribution >= 0.6 is 0 Å². The van der Waals surface area contributed by atoms with Gasteiger partial charge in [0, 0.05) is 44.1 Å². The van der Waals surface area contributed by atoms with Crippen LogP contribution in [0.1, 0.15) is 30.3 Å². The molecule has 1 N–H and O–H groups in total. The first-order valence-electron chi connectivity index (χ1n) is 7.02. The molecule has 3 rings (SSSR count). The molecule has 0 bridgehead atoms. The second-order valence-electron chi connectivity index (χ2n) is 5.35. The quantitative estimate of drug-likeness (QED) is 0.875. The highest BCUT2D eigenvalue weighted by molar-refractivity contribution is 5.20. The zero-order valence-electron chi connectivity index (χ0n) is 11.2. The van der Waals surface area contributed by atoms with Crippen molar-refractivity contribution < 1.29 is 4.74 Å². The van der Waals surface area contributed by atoms with Crippen molar-refractivity contribution in [3.63, 3.8) is 0 Å². The average molecular weight is 249 g/mol. The van der Waals surface area contributed by atoms with E-state index < -0.39 is 0 Å². The van der Waals surface area contributed by atoms with Crippen LogP contribution in [-0.4, -0.2) is 42.3 Å². The van der Waals surface area contributed by atoms with E-state index in [1.807, 2.05) is 0 Å². The zero-order chi connectivity index (χ0) is 12.4. The Labute approximate surface area is 109 Å². The van der Waals surface area contributed by atoms with Gasteiger partial charge in [-0.15, -0.1) is 0 Å². The van der Waals surface area contributed by atoms with Crippen molar-refractivity contribution in [1.82, 2.24) is 14.8 Å². The van der Waals surface area contributed by atoms with Gasteiger partial charge in [0.1, 0.15) is 0 Å². The fraction of sp³-hybridized carbons (Fsp3) is 0.714. The van der Waals surface area contributed by atoms with Gasteiger partial charge in [-0.3, -0.25) is 4.90 Å². The van der Waals surface area contributed by atoms with E-state index in [1.54, 1.807) is 0 Å². The standard InChI is InChI=1S/C14H23N3O/c1-16-12(11-17-7-9-18-10-8-17)4-5-14(16)13-3-2-6-15-13/h4-5,13,15H,2-3,6-11H2,1H3. The van der Waals surface area contributed by atoms with Crippen LogP contribution in [0, 0.1) is 0 Å². The Morgan fingerprint density at radius 3 is 2.89 bits per heavy atom. The minimum absolute atomic E-state index is 0.563. The Balaban J connectivity index is 1.68. The molecule has 2 saturated heterocycles. The summed E-state index contributed by atoms with van der Waals surface area (Å²) in [5, 5.41) is 3.58. The largest absolute Gasteiger partial charge is 0.379 e. The second-order valence-corrected chi connectivity index (χ2v) is 5.35. The van der Waals surface area contributed by atoms with E-state index in [-0.39, 0.29) is 0 Å². The molecule has 2 aliphatic rings. The Hall–Kier alpha value is -0.840. The maximum Gasteiger partial charge on any atom is 0.0594 e.